The van der Waals surface area contributed by atoms with E-state index in [0.717, 1.165) is 5.56 Å². The summed E-state index contributed by atoms with van der Waals surface area (Å²) in [4.78, 5) is 25.3. The largest absolute Gasteiger partial charge is 0.459 e. The first-order chi connectivity index (χ1) is 13.2. The molecule has 1 aliphatic heterocycles. The molecule has 2 N–H and O–H groups in total. The van der Waals surface area contributed by atoms with Crippen LogP contribution in [-0.4, -0.2) is 28.8 Å². The minimum atomic E-state index is -0.744. The average molecular weight is 360 g/mol. The number of carbonyl (C=O) groups excluding carboxylic acids is 2. The van der Waals surface area contributed by atoms with E-state index in [1.807, 2.05) is 36.4 Å². The van der Waals surface area contributed by atoms with Gasteiger partial charge in [-0.25, -0.2) is 0 Å². The number of carbonyl (C=O) groups is 2. The highest BCUT2D eigenvalue weighted by molar-refractivity contribution is 5.98. The molecule has 2 amide bonds. The van der Waals surface area contributed by atoms with Gasteiger partial charge >= 0.3 is 5.91 Å². The number of nitrogens with one attached hydrogen (secondary N) is 2. The Balaban J connectivity index is 1.68. The minimum Gasteiger partial charge on any atom is -0.459 e. The van der Waals surface area contributed by atoms with Gasteiger partial charge in [0, 0.05) is 11.1 Å². The van der Waals surface area contributed by atoms with Crippen LogP contribution < -0.4 is 10.7 Å². The van der Waals surface area contributed by atoms with Crippen LogP contribution in [0, 0.1) is 0 Å². The molecule has 0 spiro atoms. The highest BCUT2D eigenvalue weighted by atomic mass is 16.3. The summed E-state index contributed by atoms with van der Waals surface area (Å²) < 4.78 is 7.04. The third-order valence-electron chi connectivity index (χ3n) is 4.41. The lowest BCUT2D eigenvalue weighted by Gasteiger charge is -2.14. The third kappa shape index (κ3) is 3.50. The van der Waals surface area contributed by atoms with E-state index < -0.39 is 12.1 Å². The molecular formula is C21H18N3O3+. The SMILES string of the molecule is O=C(N[C@H]1C(=O)N/[N+](=C\c2ccco2)[C@@H]1c1ccccc1)c1ccccc1. The van der Waals surface area contributed by atoms with Gasteiger partial charge in [0.15, 0.2) is 11.8 Å². The molecular weight excluding hydrogens is 342 g/mol. The first kappa shape index (κ1) is 16.8. The van der Waals surface area contributed by atoms with E-state index in [-0.39, 0.29) is 11.8 Å². The second-order valence-corrected chi connectivity index (χ2v) is 6.20. The van der Waals surface area contributed by atoms with Gasteiger partial charge in [-0.05, 0) is 24.3 Å². The Hall–Kier alpha value is -3.67. The van der Waals surface area contributed by atoms with Gasteiger partial charge in [0.2, 0.25) is 12.3 Å². The number of hydrogen-bond donors (Lipinski definition) is 2. The van der Waals surface area contributed by atoms with Crippen LogP contribution in [0.1, 0.15) is 27.7 Å². The van der Waals surface area contributed by atoms with Crippen LogP contribution in [-0.2, 0) is 4.79 Å². The third-order valence-corrected chi connectivity index (χ3v) is 4.41. The van der Waals surface area contributed by atoms with Crippen molar-refractivity contribution < 1.29 is 18.7 Å². The molecule has 2 heterocycles. The van der Waals surface area contributed by atoms with E-state index in [1.54, 1.807) is 53.6 Å². The quantitative estimate of drug-likeness (QED) is 0.701. The molecule has 0 saturated carbocycles. The Bertz CT molecular complexity index is 966. The number of amides is 2. The molecule has 0 radical (unpaired) electrons. The highest BCUT2D eigenvalue weighted by Gasteiger charge is 2.47. The molecule has 27 heavy (non-hydrogen) atoms. The summed E-state index contributed by atoms with van der Waals surface area (Å²) in [6.07, 6.45) is 3.28. The lowest BCUT2D eigenvalue weighted by atomic mass is 10.00. The summed E-state index contributed by atoms with van der Waals surface area (Å²) in [7, 11) is 0. The Labute approximate surface area is 156 Å². The van der Waals surface area contributed by atoms with Crippen molar-refractivity contribution in [2.75, 3.05) is 0 Å². The van der Waals surface area contributed by atoms with E-state index in [0.29, 0.717) is 11.3 Å². The lowest BCUT2D eigenvalue weighted by Crippen LogP contribution is -2.42. The Kier molecular flexibility index (Phi) is 4.53. The van der Waals surface area contributed by atoms with Gasteiger partial charge in [-0.15, -0.1) is 10.1 Å². The van der Waals surface area contributed by atoms with Crippen LogP contribution in [0.4, 0.5) is 0 Å². The molecule has 134 valence electrons. The number of nitrogens with zero attached hydrogens (tertiary/aromatic N) is 1. The second-order valence-electron chi connectivity index (χ2n) is 6.20. The molecule has 1 saturated heterocycles. The summed E-state index contributed by atoms with van der Waals surface area (Å²) in [6, 6.07) is 20.8. The van der Waals surface area contributed by atoms with Crippen molar-refractivity contribution in [1.29, 1.82) is 0 Å². The molecule has 6 nitrogen and oxygen atoms in total. The molecule has 1 aliphatic rings. The predicted octanol–water partition coefficient (Wildman–Crippen LogP) is 2.30. The van der Waals surface area contributed by atoms with Gasteiger partial charge in [-0.2, -0.15) is 0 Å². The number of hydrazine groups is 1. The van der Waals surface area contributed by atoms with Crippen molar-refractivity contribution in [3.8, 4) is 0 Å². The molecule has 4 rings (SSSR count). The van der Waals surface area contributed by atoms with Crippen molar-refractivity contribution >= 4 is 18.0 Å². The van der Waals surface area contributed by atoms with Crippen molar-refractivity contribution in [1.82, 2.24) is 10.7 Å². The first-order valence-corrected chi connectivity index (χ1v) is 8.60. The predicted molar refractivity (Wildman–Crippen MR) is 99.2 cm³/mol. The van der Waals surface area contributed by atoms with Gasteiger partial charge in [0.25, 0.3) is 5.91 Å². The molecule has 0 bridgehead atoms. The topological polar surface area (TPSA) is 74.3 Å². The number of furan rings is 1. The summed E-state index contributed by atoms with van der Waals surface area (Å²) in [5.74, 6) is 0.0266. The van der Waals surface area contributed by atoms with Gasteiger partial charge in [-0.1, -0.05) is 48.5 Å². The molecule has 0 aliphatic carbocycles. The van der Waals surface area contributed by atoms with Crippen LogP contribution in [0.2, 0.25) is 0 Å². The van der Waals surface area contributed by atoms with E-state index in [4.69, 9.17) is 4.42 Å². The van der Waals surface area contributed by atoms with Crippen LogP contribution in [0.5, 0.6) is 0 Å². The first-order valence-electron chi connectivity index (χ1n) is 8.60. The Morgan fingerprint density at radius 3 is 2.37 bits per heavy atom. The van der Waals surface area contributed by atoms with Gasteiger partial charge in [0.1, 0.15) is 0 Å². The zero-order valence-electron chi connectivity index (χ0n) is 14.4. The number of hydrogen-bond acceptors (Lipinski definition) is 3. The Morgan fingerprint density at radius 1 is 1.00 bits per heavy atom. The van der Waals surface area contributed by atoms with E-state index in [2.05, 4.69) is 10.7 Å². The smallest absolute Gasteiger partial charge is 0.304 e. The second kappa shape index (κ2) is 7.29. The molecule has 6 heteroatoms. The monoisotopic (exact) mass is 360 g/mol. The molecule has 1 aromatic heterocycles. The van der Waals surface area contributed by atoms with Crippen LogP contribution in [0.25, 0.3) is 0 Å². The van der Waals surface area contributed by atoms with E-state index >= 15 is 0 Å². The van der Waals surface area contributed by atoms with E-state index in [9.17, 15) is 9.59 Å². The van der Waals surface area contributed by atoms with Gasteiger partial charge in [-0.3, -0.25) is 9.59 Å². The average Bonchev–Trinajstić information content (AvgIpc) is 3.32. The van der Waals surface area contributed by atoms with Crippen molar-refractivity contribution in [3.05, 3.63) is 95.9 Å². The summed E-state index contributed by atoms with van der Waals surface area (Å²) in [5, 5.41) is 2.86. The summed E-state index contributed by atoms with van der Waals surface area (Å²) in [5.41, 5.74) is 4.22. The maximum atomic E-state index is 12.6. The maximum absolute atomic E-state index is 12.6. The van der Waals surface area contributed by atoms with Crippen LogP contribution in [0.3, 0.4) is 0 Å². The lowest BCUT2D eigenvalue weighted by molar-refractivity contribution is -0.596. The van der Waals surface area contributed by atoms with Crippen molar-refractivity contribution in [2.45, 2.75) is 12.1 Å². The van der Waals surface area contributed by atoms with Crippen LogP contribution in [0.15, 0.2) is 83.5 Å². The Morgan fingerprint density at radius 2 is 1.70 bits per heavy atom. The van der Waals surface area contributed by atoms with E-state index in [1.165, 1.54) is 0 Å². The minimum absolute atomic E-state index is 0.282. The summed E-state index contributed by atoms with van der Waals surface area (Å²) in [6.45, 7) is 0. The fourth-order valence-corrected chi connectivity index (χ4v) is 3.15. The fraction of sp³-hybridized carbons (Fsp3) is 0.0952. The highest BCUT2D eigenvalue weighted by Crippen LogP contribution is 2.25. The number of benzene rings is 2. The van der Waals surface area contributed by atoms with Crippen LogP contribution >= 0.6 is 0 Å². The normalized spacial score (nSPS) is 20.4. The molecule has 1 fully saturated rings. The number of hydrazone groups is 1. The van der Waals surface area contributed by atoms with Crippen molar-refractivity contribution in [2.24, 2.45) is 0 Å². The fourth-order valence-electron chi connectivity index (χ4n) is 3.15. The van der Waals surface area contributed by atoms with Gasteiger partial charge in [0.05, 0.1) is 6.26 Å². The molecule has 0 unspecified atom stereocenters. The van der Waals surface area contributed by atoms with Crippen molar-refractivity contribution in [3.63, 3.8) is 0 Å². The van der Waals surface area contributed by atoms with Gasteiger partial charge < -0.3 is 9.73 Å². The molecule has 2 atom stereocenters. The zero-order chi connectivity index (χ0) is 18.6. The maximum Gasteiger partial charge on any atom is 0.304 e. The zero-order valence-corrected chi connectivity index (χ0v) is 14.4. The molecule has 2 aromatic carbocycles. The summed E-state index contributed by atoms with van der Waals surface area (Å²) >= 11 is 0. The number of rotatable bonds is 4. The molecule has 3 aromatic rings. The standard InChI is InChI=1S/C21H17N3O3/c25-20(16-10-5-2-6-11-16)22-18-19(15-8-3-1-4-9-15)24(23-21(18)26)14-17-12-7-13-27-17/h1-14,18-19H,(H-,22,23,25,26)/p+1/b24-14-/t18-,19-/m1/s1.